The van der Waals surface area contributed by atoms with Crippen molar-refractivity contribution in [2.24, 2.45) is 0 Å². The van der Waals surface area contributed by atoms with Crippen LogP contribution in [0.2, 0.25) is 0 Å². The zero-order valence-electron chi connectivity index (χ0n) is 13.4. The minimum absolute atomic E-state index is 0.550. The van der Waals surface area contributed by atoms with Gasteiger partial charge in [-0.25, -0.2) is 4.98 Å². The number of hydrogen-bond acceptors (Lipinski definition) is 5. The van der Waals surface area contributed by atoms with Gasteiger partial charge in [0, 0.05) is 31.3 Å². The first kappa shape index (κ1) is 15.9. The van der Waals surface area contributed by atoms with Crippen LogP contribution in [0, 0.1) is 13.8 Å². The van der Waals surface area contributed by atoms with Crippen molar-refractivity contribution in [1.82, 2.24) is 10.3 Å². The van der Waals surface area contributed by atoms with Gasteiger partial charge in [-0.1, -0.05) is 17.4 Å². The van der Waals surface area contributed by atoms with E-state index in [9.17, 15) is 0 Å². The smallest absolute Gasteiger partial charge is 0.190 e. The summed E-state index contributed by atoms with van der Waals surface area (Å²) in [6.45, 7) is 5.61. The number of benzene rings is 1. The molecule has 0 saturated heterocycles. The van der Waals surface area contributed by atoms with Gasteiger partial charge < -0.3 is 15.0 Å². The van der Waals surface area contributed by atoms with E-state index in [1.807, 2.05) is 7.05 Å². The summed E-state index contributed by atoms with van der Waals surface area (Å²) in [5, 5.41) is 4.19. The monoisotopic (exact) mass is 305 g/mol. The maximum absolute atomic E-state index is 5.25. The molecule has 0 spiro atoms. The van der Waals surface area contributed by atoms with Gasteiger partial charge in [0.2, 0.25) is 0 Å². The van der Waals surface area contributed by atoms with Gasteiger partial charge in [0.05, 0.1) is 12.3 Å². The molecule has 0 saturated carbocycles. The minimum Gasteiger partial charge on any atom is -0.378 e. The summed E-state index contributed by atoms with van der Waals surface area (Å²) in [6.07, 6.45) is 0. The molecule has 0 unspecified atom stereocenters. The van der Waals surface area contributed by atoms with Gasteiger partial charge in [-0.05, 0) is 44.2 Å². The molecule has 0 aliphatic heterocycles. The van der Waals surface area contributed by atoms with Crippen LogP contribution in [0.3, 0.4) is 0 Å². The summed E-state index contributed by atoms with van der Waals surface area (Å²) in [4.78, 5) is 8.10. The Kier molecular flexibility index (Phi) is 5.33. The lowest BCUT2D eigenvalue weighted by Gasteiger charge is -2.17. The zero-order valence-corrected chi connectivity index (χ0v) is 14.2. The molecule has 1 N–H and O–H groups in total. The number of nitrogens with zero attached hydrogens (tertiary/aromatic N) is 2. The fourth-order valence-electron chi connectivity index (χ4n) is 2.32. The molecule has 5 heteroatoms. The van der Waals surface area contributed by atoms with Gasteiger partial charge >= 0.3 is 0 Å². The Bertz CT molecular complexity index is 566. The van der Waals surface area contributed by atoms with E-state index in [4.69, 9.17) is 9.72 Å². The molecule has 0 atom stereocenters. The van der Waals surface area contributed by atoms with E-state index in [1.165, 1.54) is 21.7 Å². The predicted molar refractivity (Wildman–Crippen MR) is 89.6 cm³/mol. The number of ether oxygens (including phenoxy) is 1. The minimum atomic E-state index is 0.550. The number of hydrogen-bond donors (Lipinski definition) is 1. The molecule has 114 valence electrons. The molecule has 0 amide bonds. The topological polar surface area (TPSA) is 37.4 Å². The Morgan fingerprint density at radius 2 is 1.90 bits per heavy atom. The molecule has 0 bridgehead atoms. The highest BCUT2D eigenvalue weighted by atomic mass is 32.1. The molecule has 1 heterocycles. The van der Waals surface area contributed by atoms with Crippen molar-refractivity contribution >= 4 is 22.2 Å². The summed E-state index contributed by atoms with van der Waals surface area (Å²) >= 11 is 1.71. The van der Waals surface area contributed by atoms with E-state index in [2.05, 4.69) is 49.3 Å². The summed E-state index contributed by atoms with van der Waals surface area (Å²) in [5.74, 6) is 0. The van der Waals surface area contributed by atoms with Gasteiger partial charge in [-0.15, -0.1) is 0 Å². The second-order valence-electron chi connectivity index (χ2n) is 5.23. The Hall–Kier alpha value is -1.43. The second-order valence-corrected chi connectivity index (χ2v) is 6.30. The first-order valence-corrected chi connectivity index (χ1v) is 7.81. The molecular weight excluding hydrogens is 282 g/mol. The standard InChI is InChI=1S/C16H23N3OS/c1-11-6-12(2)8-13(7-11)19(4)16-18-14(10-20-5)15(21-16)9-17-3/h6-8,17H,9-10H2,1-5H3. The lowest BCUT2D eigenvalue weighted by atomic mass is 10.1. The normalized spacial score (nSPS) is 10.9. The van der Waals surface area contributed by atoms with Gasteiger partial charge in [0.15, 0.2) is 5.13 Å². The number of thiazole rings is 1. The van der Waals surface area contributed by atoms with E-state index >= 15 is 0 Å². The van der Waals surface area contributed by atoms with Crippen LogP contribution in [0.25, 0.3) is 0 Å². The molecule has 0 radical (unpaired) electrons. The highest BCUT2D eigenvalue weighted by Gasteiger charge is 2.15. The zero-order chi connectivity index (χ0) is 15.4. The van der Waals surface area contributed by atoms with Crippen LogP contribution in [-0.4, -0.2) is 26.2 Å². The number of anilines is 2. The fourth-order valence-corrected chi connectivity index (χ4v) is 3.37. The summed E-state index contributed by atoms with van der Waals surface area (Å²) in [7, 11) is 5.71. The number of aryl methyl sites for hydroxylation is 2. The maximum Gasteiger partial charge on any atom is 0.190 e. The highest BCUT2D eigenvalue weighted by Crippen LogP contribution is 2.31. The Labute approximate surface area is 130 Å². The largest absolute Gasteiger partial charge is 0.378 e. The first-order valence-electron chi connectivity index (χ1n) is 6.99. The molecule has 2 rings (SSSR count). The van der Waals surface area contributed by atoms with Crippen molar-refractivity contribution in [2.45, 2.75) is 27.0 Å². The molecule has 0 aliphatic carbocycles. The fraction of sp³-hybridized carbons (Fsp3) is 0.438. The average molecular weight is 305 g/mol. The van der Waals surface area contributed by atoms with E-state index in [1.54, 1.807) is 18.4 Å². The molecule has 4 nitrogen and oxygen atoms in total. The van der Waals surface area contributed by atoms with Crippen molar-refractivity contribution in [1.29, 1.82) is 0 Å². The number of rotatable bonds is 6. The quantitative estimate of drug-likeness (QED) is 0.887. The Balaban J connectivity index is 2.33. The third-order valence-electron chi connectivity index (χ3n) is 3.27. The van der Waals surface area contributed by atoms with Crippen molar-refractivity contribution in [3.05, 3.63) is 39.9 Å². The van der Waals surface area contributed by atoms with Crippen molar-refractivity contribution in [3.63, 3.8) is 0 Å². The first-order chi connectivity index (χ1) is 10.0. The van der Waals surface area contributed by atoms with Crippen LogP contribution in [0.15, 0.2) is 18.2 Å². The van der Waals surface area contributed by atoms with Crippen LogP contribution in [-0.2, 0) is 17.9 Å². The number of methoxy groups -OCH3 is 1. The van der Waals surface area contributed by atoms with E-state index in [0.29, 0.717) is 6.61 Å². The predicted octanol–water partition coefficient (Wildman–Crippen LogP) is 3.39. The van der Waals surface area contributed by atoms with Crippen molar-refractivity contribution < 1.29 is 4.74 Å². The molecule has 0 aliphatic rings. The SMILES string of the molecule is CNCc1sc(N(C)c2cc(C)cc(C)c2)nc1COC. The lowest BCUT2D eigenvalue weighted by Crippen LogP contribution is -2.09. The van der Waals surface area contributed by atoms with Gasteiger partial charge in [-0.3, -0.25) is 0 Å². The van der Waals surface area contributed by atoms with Crippen LogP contribution in [0.5, 0.6) is 0 Å². The van der Waals surface area contributed by atoms with E-state index in [-0.39, 0.29) is 0 Å². The molecule has 21 heavy (non-hydrogen) atoms. The Morgan fingerprint density at radius 1 is 1.24 bits per heavy atom. The molecule has 0 fully saturated rings. The van der Waals surface area contributed by atoms with Gasteiger partial charge in [0.1, 0.15) is 0 Å². The van der Waals surface area contributed by atoms with E-state index in [0.717, 1.165) is 17.4 Å². The van der Waals surface area contributed by atoms with Gasteiger partial charge in [0.25, 0.3) is 0 Å². The third kappa shape index (κ3) is 3.81. The molecule has 1 aromatic carbocycles. The van der Waals surface area contributed by atoms with Crippen LogP contribution >= 0.6 is 11.3 Å². The Morgan fingerprint density at radius 3 is 2.48 bits per heavy atom. The van der Waals surface area contributed by atoms with Crippen LogP contribution in [0.1, 0.15) is 21.7 Å². The summed E-state index contributed by atoms with van der Waals surface area (Å²) in [5.41, 5.74) is 4.71. The number of aromatic nitrogens is 1. The summed E-state index contributed by atoms with van der Waals surface area (Å²) < 4.78 is 5.25. The molecular formula is C16H23N3OS. The van der Waals surface area contributed by atoms with E-state index < -0.39 is 0 Å². The maximum atomic E-state index is 5.25. The van der Waals surface area contributed by atoms with Crippen molar-refractivity contribution in [3.8, 4) is 0 Å². The molecule has 2 aromatic rings. The second kappa shape index (κ2) is 7.02. The van der Waals surface area contributed by atoms with Crippen LogP contribution < -0.4 is 10.2 Å². The van der Waals surface area contributed by atoms with Crippen LogP contribution in [0.4, 0.5) is 10.8 Å². The average Bonchev–Trinajstić information content (AvgIpc) is 2.81. The van der Waals surface area contributed by atoms with Gasteiger partial charge in [-0.2, -0.15) is 0 Å². The third-order valence-corrected chi connectivity index (χ3v) is 4.44. The van der Waals surface area contributed by atoms with Crippen molar-refractivity contribution in [2.75, 3.05) is 26.1 Å². The molecule has 1 aromatic heterocycles. The summed E-state index contributed by atoms with van der Waals surface area (Å²) in [6, 6.07) is 6.55. The number of nitrogens with one attached hydrogen (secondary N) is 1. The highest BCUT2D eigenvalue weighted by molar-refractivity contribution is 7.15. The lowest BCUT2D eigenvalue weighted by molar-refractivity contribution is 0.181.